The molecule has 110 valence electrons. The summed E-state index contributed by atoms with van der Waals surface area (Å²) in [6.07, 6.45) is 3.83. The predicted octanol–water partition coefficient (Wildman–Crippen LogP) is 5.21. The third kappa shape index (κ3) is 5.73. The average molecular weight is 255 g/mol. The molecule has 1 heteroatoms. The number of nitrogens with zero attached hydrogens (tertiary/aromatic N) is 1. The Morgan fingerprint density at radius 3 is 1.56 bits per heavy atom. The molecule has 0 saturated carbocycles. The highest BCUT2D eigenvalue weighted by Crippen LogP contribution is 2.40. The molecule has 0 saturated heterocycles. The molecule has 1 atom stereocenters. The lowest BCUT2D eigenvalue weighted by Gasteiger charge is -2.45. The smallest absolute Gasteiger partial charge is 0.0180 e. The lowest BCUT2D eigenvalue weighted by atomic mass is 9.69. The van der Waals surface area contributed by atoms with E-state index in [4.69, 9.17) is 0 Å². The Hall–Kier alpha value is -0.0400. The molecule has 0 rings (SSSR count). The average Bonchev–Trinajstić information content (AvgIpc) is 2.12. The van der Waals surface area contributed by atoms with Gasteiger partial charge in [-0.05, 0) is 57.0 Å². The van der Waals surface area contributed by atoms with Gasteiger partial charge in [-0.3, -0.25) is 0 Å². The molecule has 0 N–H and O–H groups in total. The summed E-state index contributed by atoms with van der Waals surface area (Å²) in [6, 6.07) is 0. The van der Waals surface area contributed by atoms with Gasteiger partial charge >= 0.3 is 0 Å². The molecular formula is C17H37N. The lowest BCUT2D eigenvalue weighted by Crippen LogP contribution is -2.46. The zero-order valence-corrected chi connectivity index (χ0v) is 14.6. The molecule has 1 nitrogen and oxygen atoms in total. The molecule has 0 radical (unpaired) electrons. The number of hydrogen-bond donors (Lipinski definition) is 0. The first-order valence-corrected chi connectivity index (χ1v) is 7.48. The zero-order chi connectivity index (χ0) is 14.8. The SMILES string of the molecule is CC(C)C(C)(C)CC(C)(CCC(C)(C)C)N(C)C. The summed E-state index contributed by atoms with van der Waals surface area (Å²) in [7, 11) is 4.47. The van der Waals surface area contributed by atoms with Crippen molar-refractivity contribution in [3.05, 3.63) is 0 Å². The van der Waals surface area contributed by atoms with Crippen molar-refractivity contribution in [2.45, 2.75) is 80.2 Å². The molecule has 0 aliphatic heterocycles. The molecule has 0 amide bonds. The van der Waals surface area contributed by atoms with E-state index in [0.29, 0.717) is 16.4 Å². The third-order valence-electron chi connectivity index (χ3n) is 4.89. The van der Waals surface area contributed by atoms with E-state index in [1.165, 1.54) is 19.3 Å². The molecule has 0 aliphatic rings. The van der Waals surface area contributed by atoms with Crippen LogP contribution in [0.25, 0.3) is 0 Å². The van der Waals surface area contributed by atoms with Gasteiger partial charge in [-0.15, -0.1) is 0 Å². The summed E-state index contributed by atoms with van der Waals surface area (Å²) < 4.78 is 0. The van der Waals surface area contributed by atoms with Gasteiger partial charge in [-0.25, -0.2) is 0 Å². The lowest BCUT2D eigenvalue weighted by molar-refractivity contribution is 0.0613. The highest BCUT2D eigenvalue weighted by molar-refractivity contribution is 4.91. The second-order valence-corrected chi connectivity index (χ2v) is 8.77. The largest absolute Gasteiger partial charge is 0.304 e. The minimum Gasteiger partial charge on any atom is -0.304 e. The topological polar surface area (TPSA) is 3.24 Å². The zero-order valence-electron chi connectivity index (χ0n) is 14.6. The van der Waals surface area contributed by atoms with Gasteiger partial charge in [0.05, 0.1) is 0 Å². The first-order valence-electron chi connectivity index (χ1n) is 7.48. The molecule has 1 unspecified atom stereocenters. The van der Waals surface area contributed by atoms with Crippen molar-refractivity contribution in [1.29, 1.82) is 0 Å². The molecular weight excluding hydrogens is 218 g/mol. The van der Waals surface area contributed by atoms with Crippen LogP contribution in [0.3, 0.4) is 0 Å². The summed E-state index contributed by atoms with van der Waals surface area (Å²) in [6.45, 7) is 19.0. The second kappa shape index (κ2) is 5.94. The van der Waals surface area contributed by atoms with Crippen LogP contribution in [0.4, 0.5) is 0 Å². The van der Waals surface area contributed by atoms with E-state index < -0.39 is 0 Å². The molecule has 0 aromatic carbocycles. The Bertz CT molecular complexity index is 245. The van der Waals surface area contributed by atoms with Crippen LogP contribution in [0, 0.1) is 16.7 Å². The minimum atomic E-state index is 0.307. The van der Waals surface area contributed by atoms with Crippen molar-refractivity contribution in [1.82, 2.24) is 4.90 Å². The maximum atomic E-state index is 2.43. The van der Waals surface area contributed by atoms with Crippen LogP contribution in [0.15, 0.2) is 0 Å². The van der Waals surface area contributed by atoms with Crippen LogP contribution >= 0.6 is 0 Å². The van der Waals surface area contributed by atoms with Gasteiger partial charge < -0.3 is 4.90 Å². The Morgan fingerprint density at radius 1 is 0.833 bits per heavy atom. The Morgan fingerprint density at radius 2 is 1.28 bits per heavy atom. The fraction of sp³-hybridized carbons (Fsp3) is 1.00. The molecule has 0 aromatic heterocycles. The van der Waals surface area contributed by atoms with Crippen molar-refractivity contribution >= 4 is 0 Å². The highest BCUT2D eigenvalue weighted by atomic mass is 15.1. The maximum Gasteiger partial charge on any atom is 0.0180 e. The van der Waals surface area contributed by atoms with E-state index in [0.717, 1.165) is 5.92 Å². The van der Waals surface area contributed by atoms with Crippen LogP contribution in [-0.2, 0) is 0 Å². The van der Waals surface area contributed by atoms with Crippen LogP contribution in [0.5, 0.6) is 0 Å². The van der Waals surface area contributed by atoms with Crippen LogP contribution in [0.1, 0.15) is 74.7 Å². The number of hydrogen-bond acceptors (Lipinski definition) is 1. The second-order valence-electron chi connectivity index (χ2n) is 8.77. The standard InChI is InChI=1S/C17H37N/c1-14(2)16(6,7)13-17(8,18(9)10)12-11-15(3,4)5/h14H,11-13H2,1-10H3. The summed E-state index contributed by atoms with van der Waals surface area (Å²) in [5, 5.41) is 0. The molecule has 0 spiro atoms. The maximum absolute atomic E-state index is 2.43. The van der Waals surface area contributed by atoms with E-state index in [2.05, 4.69) is 74.4 Å². The van der Waals surface area contributed by atoms with Gasteiger partial charge in [0.25, 0.3) is 0 Å². The van der Waals surface area contributed by atoms with Gasteiger partial charge in [0.15, 0.2) is 0 Å². The highest BCUT2D eigenvalue weighted by Gasteiger charge is 2.36. The van der Waals surface area contributed by atoms with E-state index in [1.54, 1.807) is 0 Å². The molecule has 0 aliphatic carbocycles. The quantitative estimate of drug-likeness (QED) is 0.630. The Labute approximate surface area is 116 Å². The van der Waals surface area contributed by atoms with Crippen molar-refractivity contribution < 1.29 is 0 Å². The van der Waals surface area contributed by atoms with Gasteiger partial charge in [0, 0.05) is 5.54 Å². The van der Waals surface area contributed by atoms with Crippen molar-refractivity contribution in [3.8, 4) is 0 Å². The monoisotopic (exact) mass is 255 g/mol. The molecule has 0 fully saturated rings. The van der Waals surface area contributed by atoms with Crippen molar-refractivity contribution in [2.24, 2.45) is 16.7 Å². The third-order valence-corrected chi connectivity index (χ3v) is 4.89. The summed E-state index contributed by atoms with van der Waals surface area (Å²) in [5.74, 6) is 0.728. The minimum absolute atomic E-state index is 0.307. The van der Waals surface area contributed by atoms with Crippen LogP contribution < -0.4 is 0 Å². The normalized spacial score (nSPS) is 17.3. The molecule has 0 aromatic rings. The Kier molecular flexibility index (Phi) is 5.93. The van der Waals surface area contributed by atoms with Crippen LogP contribution in [-0.4, -0.2) is 24.5 Å². The van der Waals surface area contributed by atoms with E-state index >= 15 is 0 Å². The molecule has 0 bridgehead atoms. The number of rotatable bonds is 6. The van der Waals surface area contributed by atoms with Crippen molar-refractivity contribution in [3.63, 3.8) is 0 Å². The molecule has 18 heavy (non-hydrogen) atoms. The first kappa shape index (κ1) is 18.0. The summed E-state index contributed by atoms with van der Waals surface area (Å²) in [4.78, 5) is 2.43. The fourth-order valence-corrected chi connectivity index (χ4v) is 2.30. The van der Waals surface area contributed by atoms with Gasteiger partial charge in [0.2, 0.25) is 0 Å². The van der Waals surface area contributed by atoms with E-state index in [9.17, 15) is 0 Å². The first-order chi connectivity index (χ1) is 7.80. The fourth-order valence-electron chi connectivity index (χ4n) is 2.30. The van der Waals surface area contributed by atoms with E-state index in [1.807, 2.05) is 0 Å². The van der Waals surface area contributed by atoms with Crippen LogP contribution in [0.2, 0.25) is 0 Å². The van der Waals surface area contributed by atoms with Gasteiger partial charge in [-0.2, -0.15) is 0 Å². The van der Waals surface area contributed by atoms with Crippen molar-refractivity contribution in [2.75, 3.05) is 14.1 Å². The summed E-state index contributed by atoms with van der Waals surface area (Å²) in [5.41, 5.74) is 1.14. The Balaban J connectivity index is 4.84. The van der Waals surface area contributed by atoms with Gasteiger partial charge in [-0.1, -0.05) is 48.5 Å². The van der Waals surface area contributed by atoms with E-state index in [-0.39, 0.29) is 0 Å². The molecule has 0 heterocycles. The summed E-state index contributed by atoms with van der Waals surface area (Å²) >= 11 is 0. The van der Waals surface area contributed by atoms with Gasteiger partial charge in [0.1, 0.15) is 0 Å². The predicted molar refractivity (Wildman–Crippen MR) is 84.0 cm³/mol.